The molecule has 1 fully saturated rings. The van der Waals surface area contributed by atoms with Gasteiger partial charge in [0.2, 0.25) is 0 Å². The topological polar surface area (TPSA) is 160 Å². The summed E-state index contributed by atoms with van der Waals surface area (Å²) in [6, 6.07) is 10.1. The van der Waals surface area contributed by atoms with Crippen molar-refractivity contribution in [2.75, 3.05) is 37.0 Å². The van der Waals surface area contributed by atoms with E-state index in [0.29, 0.717) is 57.3 Å². The second-order valence-corrected chi connectivity index (χ2v) is 10.7. The number of amides is 1. The fraction of sp³-hybridized carbons (Fsp3) is 0.250. The van der Waals surface area contributed by atoms with Crippen molar-refractivity contribution in [3.8, 4) is 11.5 Å². The smallest absolute Gasteiger partial charge is 0.408 e. The number of halogens is 1. The van der Waals surface area contributed by atoms with Gasteiger partial charge in [-0.25, -0.2) is 34.0 Å². The molecule has 5 aromatic rings. The SMILES string of the molecule is COC(=O)C1CN(c2nc3c(Nc4ccc(Oc5ccn6ncnc6c5)c(C)c4)ncnc3cc2Br)CCCN1C(=O)O. The zero-order chi connectivity index (χ0) is 30.1. The normalized spacial score (nSPS) is 15.4. The molecule has 1 saturated heterocycles. The average Bonchev–Trinajstić information content (AvgIpc) is 3.34. The number of benzene rings is 1. The third-order valence-electron chi connectivity index (χ3n) is 7.08. The maximum absolute atomic E-state index is 12.5. The molecule has 1 atom stereocenters. The highest BCUT2D eigenvalue weighted by atomic mass is 79.9. The van der Waals surface area contributed by atoms with Gasteiger partial charge in [0.1, 0.15) is 35.5 Å². The summed E-state index contributed by atoms with van der Waals surface area (Å²) in [7, 11) is 1.25. The Morgan fingerprint density at radius 1 is 1.09 bits per heavy atom. The maximum Gasteiger partial charge on any atom is 0.408 e. The van der Waals surface area contributed by atoms with Crippen LogP contribution in [-0.2, 0) is 9.53 Å². The van der Waals surface area contributed by atoms with Gasteiger partial charge in [-0.1, -0.05) is 0 Å². The zero-order valence-corrected chi connectivity index (χ0v) is 24.7. The van der Waals surface area contributed by atoms with E-state index >= 15 is 0 Å². The van der Waals surface area contributed by atoms with Crippen LogP contribution in [0.15, 0.2) is 59.7 Å². The monoisotopic (exact) mass is 647 g/mol. The van der Waals surface area contributed by atoms with E-state index in [0.717, 1.165) is 16.2 Å². The van der Waals surface area contributed by atoms with Crippen LogP contribution >= 0.6 is 15.9 Å². The highest BCUT2D eigenvalue weighted by Crippen LogP contribution is 2.33. The van der Waals surface area contributed by atoms with E-state index in [1.54, 1.807) is 10.7 Å². The molecular formula is C28H26BrN9O5. The fourth-order valence-electron chi connectivity index (χ4n) is 4.98. The lowest BCUT2D eigenvalue weighted by atomic mass is 10.2. The van der Waals surface area contributed by atoms with Crippen molar-refractivity contribution in [1.82, 2.24) is 34.4 Å². The van der Waals surface area contributed by atoms with Crippen LogP contribution in [0.4, 0.5) is 22.1 Å². The van der Waals surface area contributed by atoms with Crippen molar-refractivity contribution in [3.63, 3.8) is 0 Å². The Bertz CT molecular complexity index is 1850. The predicted molar refractivity (Wildman–Crippen MR) is 160 cm³/mol. The van der Waals surface area contributed by atoms with Crippen LogP contribution in [0.5, 0.6) is 11.5 Å². The third kappa shape index (κ3) is 5.70. The molecule has 6 rings (SSSR count). The minimum atomic E-state index is -1.18. The summed E-state index contributed by atoms with van der Waals surface area (Å²) in [5.74, 6) is 1.72. The van der Waals surface area contributed by atoms with Gasteiger partial charge >= 0.3 is 12.1 Å². The van der Waals surface area contributed by atoms with Crippen LogP contribution in [0, 0.1) is 6.92 Å². The molecule has 1 aromatic carbocycles. The number of anilines is 3. The van der Waals surface area contributed by atoms with Gasteiger partial charge in [-0.3, -0.25) is 4.90 Å². The number of rotatable bonds is 6. The van der Waals surface area contributed by atoms with Crippen molar-refractivity contribution < 1.29 is 24.2 Å². The molecule has 220 valence electrons. The fourth-order valence-corrected chi connectivity index (χ4v) is 5.53. The number of carbonyl (C=O) groups excluding carboxylic acids is 1. The van der Waals surface area contributed by atoms with E-state index in [2.05, 4.69) is 41.3 Å². The predicted octanol–water partition coefficient (Wildman–Crippen LogP) is 4.41. The number of aryl methyl sites for hydroxylation is 1. The Morgan fingerprint density at radius 2 is 1.95 bits per heavy atom. The van der Waals surface area contributed by atoms with Gasteiger partial charge in [-0.15, -0.1) is 0 Å². The standard InChI is InChI=1S/C28H26BrN9O5/c1-16-10-17(4-5-22(16)43-18-6-9-38-23(11-18)31-15-33-38)34-25-24-20(30-14-32-25)12-19(29)26(35-24)36-7-3-8-37(28(40)41)21(13-36)27(39)42-2/h4-6,9-12,14-15,21H,3,7-8,13H2,1-2H3,(H,40,41)(H,30,32,34). The molecule has 2 N–H and O–H groups in total. The van der Waals surface area contributed by atoms with Gasteiger partial charge in [0.25, 0.3) is 0 Å². The van der Waals surface area contributed by atoms with E-state index in [9.17, 15) is 14.7 Å². The molecule has 15 heteroatoms. The van der Waals surface area contributed by atoms with Gasteiger partial charge in [0.15, 0.2) is 17.5 Å². The van der Waals surface area contributed by atoms with Crippen LogP contribution in [-0.4, -0.2) is 84.4 Å². The van der Waals surface area contributed by atoms with Crippen molar-refractivity contribution in [2.24, 2.45) is 0 Å². The molecular weight excluding hydrogens is 622 g/mol. The van der Waals surface area contributed by atoms with Crippen molar-refractivity contribution >= 4 is 62.0 Å². The van der Waals surface area contributed by atoms with Gasteiger partial charge in [-0.2, -0.15) is 5.10 Å². The number of nitrogens with one attached hydrogen (secondary N) is 1. The summed E-state index contributed by atoms with van der Waals surface area (Å²) in [5.41, 5.74) is 3.45. The summed E-state index contributed by atoms with van der Waals surface area (Å²) >= 11 is 3.59. The van der Waals surface area contributed by atoms with E-state index in [4.69, 9.17) is 14.5 Å². The number of nitrogens with zero attached hydrogens (tertiary/aromatic N) is 8. The Hall–Kier alpha value is -5.05. The number of esters is 1. The number of hydrogen-bond acceptors (Lipinski definition) is 11. The number of aromatic nitrogens is 6. The molecule has 5 heterocycles. The van der Waals surface area contributed by atoms with Crippen molar-refractivity contribution in [1.29, 1.82) is 0 Å². The number of carbonyl (C=O) groups is 2. The van der Waals surface area contributed by atoms with Crippen LogP contribution < -0.4 is 15.0 Å². The van der Waals surface area contributed by atoms with E-state index in [-0.39, 0.29) is 13.1 Å². The first kappa shape index (κ1) is 28.1. The molecule has 0 bridgehead atoms. The Balaban J connectivity index is 1.27. The van der Waals surface area contributed by atoms with Crippen LogP contribution in [0.3, 0.4) is 0 Å². The molecule has 0 radical (unpaired) electrons. The molecule has 0 saturated carbocycles. The van der Waals surface area contributed by atoms with Crippen molar-refractivity contribution in [3.05, 3.63) is 65.3 Å². The van der Waals surface area contributed by atoms with Crippen molar-refractivity contribution in [2.45, 2.75) is 19.4 Å². The molecule has 43 heavy (non-hydrogen) atoms. The van der Waals surface area contributed by atoms with E-state index in [1.807, 2.05) is 48.2 Å². The lowest BCUT2D eigenvalue weighted by molar-refractivity contribution is -0.145. The third-order valence-corrected chi connectivity index (χ3v) is 7.66. The number of pyridine rings is 2. The molecule has 1 aliphatic heterocycles. The number of fused-ring (bicyclic) bond motifs is 2. The highest BCUT2D eigenvalue weighted by molar-refractivity contribution is 9.10. The number of carboxylic acid groups (broad SMARTS) is 1. The first-order valence-electron chi connectivity index (χ1n) is 13.3. The molecule has 1 amide bonds. The first-order valence-corrected chi connectivity index (χ1v) is 14.1. The minimum Gasteiger partial charge on any atom is -0.467 e. The summed E-state index contributed by atoms with van der Waals surface area (Å²) in [4.78, 5) is 45.3. The average molecular weight is 648 g/mol. The van der Waals surface area contributed by atoms with Crippen LogP contribution in [0.2, 0.25) is 0 Å². The summed E-state index contributed by atoms with van der Waals surface area (Å²) in [6.07, 6.45) is 4.05. The minimum absolute atomic E-state index is 0.0806. The molecule has 14 nitrogen and oxygen atoms in total. The first-order chi connectivity index (χ1) is 20.8. The van der Waals surface area contributed by atoms with Crippen LogP contribution in [0.25, 0.3) is 16.7 Å². The molecule has 1 unspecified atom stereocenters. The van der Waals surface area contributed by atoms with Gasteiger partial charge < -0.3 is 24.8 Å². The Morgan fingerprint density at radius 3 is 2.74 bits per heavy atom. The van der Waals surface area contributed by atoms with Gasteiger partial charge in [-0.05, 0) is 65.2 Å². The van der Waals surface area contributed by atoms with Gasteiger partial charge in [0, 0.05) is 31.0 Å². The summed E-state index contributed by atoms with van der Waals surface area (Å²) in [6.45, 7) is 2.70. The Labute approximate surface area is 253 Å². The molecule has 4 aromatic heterocycles. The second kappa shape index (κ2) is 11.7. The second-order valence-electron chi connectivity index (χ2n) is 9.83. The summed E-state index contributed by atoms with van der Waals surface area (Å²) < 4.78 is 13.3. The lowest BCUT2D eigenvalue weighted by Gasteiger charge is -2.28. The van der Waals surface area contributed by atoms with E-state index in [1.165, 1.54) is 19.8 Å². The van der Waals surface area contributed by atoms with Crippen LogP contribution in [0.1, 0.15) is 12.0 Å². The lowest BCUT2D eigenvalue weighted by Crippen LogP contribution is -2.49. The number of methoxy groups -OCH3 is 1. The number of hydrogen-bond donors (Lipinski definition) is 2. The largest absolute Gasteiger partial charge is 0.467 e. The highest BCUT2D eigenvalue weighted by Gasteiger charge is 2.35. The van der Waals surface area contributed by atoms with Gasteiger partial charge in [0.05, 0.1) is 23.6 Å². The quantitative estimate of drug-likeness (QED) is 0.250. The maximum atomic E-state index is 12.5. The summed E-state index contributed by atoms with van der Waals surface area (Å²) in [5, 5.41) is 17.1. The zero-order valence-electron chi connectivity index (χ0n) is 23.1. The molecule has 0 spiro atoms. The molecule has 1 aliphatic rings. The van der Waals surface area contributed by atoms with E-state index < -0.39 is 18.1 Å². The molecule has 0 aliphatic carbocycles. The number of ether oxygens (including phenoxy) is 2. The Kier molecular flexibility index (Phi) is 7.63.